The zero-order valence-electron chi connectivity index (χ0n) is 13.7. The van der Waals surface area contributed by atoms with Gasteiger partial charge in [0.15, 0.2) is 5.70 Å². The van der Waals surface area contributed by atoms with Gasteiger partial charge in [0.2, 0.25) is 5.90 Å². The van der Waals surface area contributed by atoms with Crippen molar-refractivity contribution in [1.82, 2.24) is 0 Å². The van der Waals surface area contributed by atoms with Crippen LogP contribution in [0.15, 0.2) is 28.9 Å². The van der Waals surface area contributed by atoms with Gasteiger partial charge in [-0.3, -0.25) is 0 Å². The first-order valence-corrected chi connectivity index (χ1v) is 9.30. The summed E-state index contributed by atoms with van der Waals surface area (Å²) in [5.41, 5.74) is 1.02. The number of carbonyl (C=O) groups excluding carboxylic acids is 1. The van der Waals surface area contributed by atoms with E-state index in [4.69, 9.17) is 27.9 Å². The number of nitrogens with zero attached hydrogens (tertiary/aromatic N) is 1. The Hall–Kier alpha value is -1.32. The van der Waals surface area contributed by atoms with E-state index >= 15 is 0 Å². The Bertz CT molecular complexity index is 689. The van der Waals surface area contributed by atoms with Crippen LogP contribution in [-0.2, 0) is 9.53 Å². The van der Waals surface area contributed by atoms with Gasteiger partial charge in [0.25, 0.3) is 0 Å². The molecule has 0 aromatic heterocycles. The van der Waals surface area contributed by atoms with Crippen molar-refractivity contribution in [3.8, 4) is 0 Å². The summed E-state index contributed by atoms with van der Waals surface area (Å²) in [4.78, 5) is 16.5. The molecule has 0 saturated heterocycles. The summed E-state index contributed by atoms with van der Waals surface area (Å²) in [6.45, 7) is 2.23. The minimum Gasteiger partial charge on any atom is -0.406 e. The molecule has 0 bridgehead atoms. The number of hydrogen-bond acceptors (Lipinski definition) is 3. The van der Waals surface area contributed by atoms with E-state index in [9.17, 15) is 4.79 Å². The third-order valence-electron chi connectivity index (χ3n) is 4.78. The molecule has 24 heavy (non-hydrogen) atoms. The second kappa shape index (κ2) is 7.71. The Morgan fingerprint density at radius 3 is 2.67 bits per heavy atom. The summed E-state index contributed by atoms with van der Waals surface area (Å²) in [7, 11) is 0. The molecular formula is C19H21Cl2NO2. The van der Waals surface area contributed by atoms with Gasteiger partial charge in [0.05, 0.1) is 0 Å². The molecule has 0 N–H and O–H groups in total. The number of esters is 1. The van der Waals surface area contributed by atoms with Crippen LogP contribution in [0.1, 0.15) is 51.0 Å². The van der Waals surface area contributed by atoms with E-state index in [-0.39, 0.29) is 5.92 Å². The maximum absolute atomic E-state index is 12.1. The van der Waals surface area contributed by atoms with Crippen molar-refractivity contribution in [2.24, 2.45) is 16.8 Å². The second-order valence-electron chi connectivity index (χ2n) is 6.54. The smallest absolute Gasteiger partial charge is 0.363 e. The van der Waals surface area contributed by atoms with Gasteiger partial charge in [-0.2, -0.15) is 0 Å². The van der Waals surface area contributed by atoms with Crippen molar-refractivity contribution in [3.05, 3.63) is 39.5 Å². The van der Waals surface area contributed by atoms with E-state index in [0.29, 0.717) is 27.2 Å². The maximum Gasteiger partial charge on any atom is 0.363 e. The number of cyclic esters (lactones) is 1. The minimum atomic E-state index is -0.397. The van der Waals surface area contributed by atoms with Crippen LogP contribution >= 0.6 is 23.2 Å². The van der Waals surface area contributed by atoms with Crippen molar-refractivity contribution < 1.29 is 9.53 Å². The second-order valence-corrected chi connectivity index (χ2v) is 7.38. The van der Waals surface area contributed by atoms with Crippen molar-refractivity contribution in [2.45, 2.75) is 45.4 Å². The zero-order valence-corrected chi connectivity index (χ0v) is 15.2. The van der Waals surface area contributed by atoms with Crippen LogP contribution in [0.3, 0.4) is 0 Å². The van der Waals surface area contributed by atoms with Crippen LogP contribution in [0.25, 0.3) is 6.08 Å². The van der Waals surface area contributed by atoms with E-state index in [1.165, 1.54) is 25.7 Å². The molecule has 0 atom stereocenters. The molecule has 0 unspecified atom stereocenters. The molecule has 128 valence electrons. The molecule has 0 radical (unpaired) electrons. The normalized spacial score (nSPS) is 25.7. The van der Waals surface area contributed by atoms with Crippen LogP contribution in [0.4, 0.5) is 0 Å². The first-order valence-electron chi connectivity index (χ1n) is 8.54. The summed E-state index contributed by atoms with van der Waals surface area (Å²) in [6.07, 6.45) is 8.67. The van der Waals surface area contributed by atoms with Crippen molar-refractivity contribution in [1.29, 1.82) is 0 Å². The highest BCUT2D eigenvalue weighted by Crippen LogP contribution is 2.34. The van der Waals surface area contributed by atoms with Gasteiger partial charge in [-0.1, -0.05) is 49.0 Å². The highest BCUT2D eigenvalue weighted by molar-refractivity contribution is 6.35. The summed E-state index contributed by atoms with van der Waals surface area (Å²) < 4.78 is 5.42. The summed E-state index contributed by atoms with van der Waals surface area (Å²) in [6, 6.07) is 5.16. The van der Waals surface area contributed by atoms with Gasteiger partial charge in [0.1, 0.15) is 0 Å². The monoisotopic (exact) mass is 365 g/mol. The third-order valence-corrected chi connectivity index (χ3v) is 5.35. The summed E-state index contributed by atoms with van der Waals surface area (Å²) >= 11 is 12.1. The van der Waals surface area contributed by atoms with Gasteiger partial charge in [-0.25, -0.2) is 9.79 Å². The molecule has 1 heterocycles. The van der Waals surface area contributed by atoms with Gasteiger partial charge in [0, 0.05) is 16.0 Å². The molecular weight excluding hydrogens is 345 g/mol. The lowest BCUT2D eigenvalue weighted by molar-refractivity contribution is -0.130. The first kappa shape index (κ1) is 17.5. The number of halogens is 2. The quantitative estimate of drug-likeness (QED) is 0.492. The zero-order chi connectivity index (χ0) is 17.1. The van der Waals surface area contributed by atoms with Crippen molar-refractivity contribution in [2.75, 3.05) is 0 Å². The van der Waals surface area contributed by atoms with E-state index in [1.54, 1.807) is 24.3 Å². The highest BCUT2D eigenvalue weighted by Gasteiger charge is 2.32. The van der Waals surface area contributed by atoms with Crippen molar-refractivity contribution in [3.63, 3.8) is 0 Å². The molecule has 1 aromatic rings. The summed E-state index contributed by atoms with van der Waals surface area (Å²) in [5, 5.41) is 1.05. The predicted molar refractivity (Wildman–Crippen MR) is 98.3 cm³/mol. The Morgan fingerprint density at radius 2 is 2.00 bits per heavy atom. The highest BCUT2D eigenvalue weighted by atomic mass is 35.5. The van der Waals surface area contributed by atoms with Crippen LogP contribution < -0.4 is 0 Å². The number of benzene rings is 1. The van der Waals surface area contributed by atoms with E-state index in [1.807, 2.05) is 0 Å². The Balaban J connectivity index is 1.72. The Morgan fingerprint density at radius 1 is 1.25 bits per heavy atom. The van der Waals surface area contributed by atoms with Crippen LogP contribution in [-0.4, -0.2) is 11.9 Å². The van der Waals surface area contributed by atoms with Crippen LogP contribution in [0.2, 0.25) is 10.0 Å². The fourth-order valence-electron chi connectivity index (χ4n) is 3.47. The predicted octanol–water partition coefficient (Wildman–Crippen LogP) is 5.90. The van der Waals surface area contributed by atoms with Crippen LogP contribution in [0, 0.1) is 11.8 Å². The molecule has 5 heteroatoms. The number of carbonyl (C=O) groups is 1. The standard InChI is InChI=1S/C19H21Cl2NO2/c1-2-3-12-4-6-13(7-5-12)18-22-17(19(23)24-18)10-14-8-9-15(20)11-16(14)21/h8-13H,2-7H2,1H3. The third kappa shape index (κ3) is 4.01. The molecule has 0 amide bonds. The lowest BCUT2D eigenvalue weighted by Crippen LogP contribution is -2.22. The SMILES string of the molecule is CCCC1CCC(C2=NC(=Cc3ccc(Cl)cc3Cl)C(=O)O2)CC1. The van der Waals surface area contributed by atoms with E-state index in [0.717, 1.165) is 18.8 Å². The Labute approximate surface area is 152 Å². The fraction of sp³-hybridized carbons (Fsp3) is 0.474. The molecule has 1 fully saturated rings. The van der Waals surface area contributed by atoms with Gasteiger partial charge in [-0.15, -0.1) is 0 Å². The first-order chi connectivity index (χ1) is 11.6. The molecule has 1 aliphatic heterocycles. The molecule has 1 aliphatic carbocycles. The van der Waals surface area contributed by atoms with E-state index < -0.39 is 5.97 Å². The van der Waals surface area contributed by atoms with Crippen molar-refractivity contribution >= 4 is 41.1 Å². The topological polar surface area (TPSA) is 38.7 Å². The lowest BCUT2D eigenvalue weighted by atomic mass is 9.80. The number of rotatable bonds is 4. The maximum atomic E-state index is 12.1. The molecule has 2 aliphatic rings. The number of ether oxygens (including phenoxy) is 1. The number of aliphatic imine (C=N–C) groups is 1. The average Bonchev–Trinajstić information content (AvgIpc) is 2.92. The molecule has 3 nitrogen and oxygen atoms in total. The molecule has 1 aromatic carbocycles. The Kier molecular flexibility index (Phi) is 5.62. The van der Waals surface area contributed by atoms with Gasteiger partial charge < -0.3 is 4.74 Å². The van der Waals surface area contributed by atoms with Gasteiger partial charge >= 0.3 is 5.97 Å². The lowest BCUT2D eigenvalue weighted by Gasteiger charge is -2.27. The van der Waals surface area contributed by atoms with Gasteiger partial charge in [-0.05, 0) is 55.4 Å². The van der Waals surface area contributed by atoms with E-state index in [2.05, 4.69) is 11.9 Å². The fourth-order valence-corrected chi connectivity index (χ4v) is 3.94. The molecule has 1 saturated carbocycles. The molecule has 3 rings (SSSR count). The minimum absolute atomic E-state index is 0.258. The van der Waals surface area contributed by atoms with Crippen LogP contribution in [0.5, 0.6) is 0 Å². The number of hydrogen-bond donors (Lipinski definition) is 0. The largest absolute Gasteiger partial charge is 0.406 e. The average molecular weight is 366 g/mol. The molecule has 0 spiro atoms. The summed E-state index contributed by atoms with van der Waals surface area (Å²) in [5.74, 6) is 1.25.